The Balaban J connectivity index is 1.97. The molecule has 1 aromatic rings. The number of piperidine rings is 1. The molecule has 0 aromatic heterocycles. The van der Waals surface area contributed by atoms with E-state index in [4.69, 9.17) is 0 Å². The molecule has 1 aliphatic rings. The fourth-order valence-corrected chi connectivity index (χ4v) is 3.88. The van der Waals surface area contributed by atoms with Crippen LogP contribution in [-0.2, 0) is 4.79 Å². The highest BCUT2D eigenvalue weighted by atomic mass is 16.2. The van der Waals surface area contributed by atoms with E-state index >= 15 is 0 Å². The van der Waals surface area contributed by atoms with Crippen molar-refractivity contribution >= 4 is 17.6 Å². The first kappa shape index (κ1) is 23.2. The molecule has 1 aliphatic heterocycles. The van der Waals surface area contributed by atoms with Crippen molar-refractivity contribution in [1.82, 2.24) is 14.7 Å². The van der Waals surface area contributed by atoms with Gasteiger partial charge in [-0.15, -0.1) is 0 Å². The second-order valence-electron chi connectivity index (χ2n) is 8.29. The standard InChI is InChI=1S/C23H38N4O2/c1-5-25(6-2)15-16-26(17-19(3)4)22(28)20-11-10-14-27(18-20)23(29)24-21-12-8-7-9-13-21/h7-9,12-13,19-20H,5-6,10-11,14-18H2,1-4H3,(H,24,29). The molecule has 162 valence electrons. The van der Waals surface area contributed by atoms with Gasteiger partial charge >= 0.3 is 6.03 Å². The number of likely N-dealkylation sites (tertiary alicyclic amines) is 1. The second-order valence-corrected chi connectivity index (χ2v) is 8.29. The second kappa shape index (κ2) is 11.8. The smallest absolute Gasteiger partial charge is 0.321 e. The van der Waals surface area contributed by atoms with E-state index < -0.39 is 0 Å². The Morgan fingerprint density at radius 2 is 1.83 bits per heavy atom. The van der Waals surface area contributed by atoms with Crippen LogP contribution in [0.4, 0.5) is 10.5 Å². The number of rotatable bonds is 9. The maximum Gasteiger partial charge on any atom is 0.321 e. The van der Waals surface area contributed by atoms with Crippen molar-refractivity contribution in [3.8, 4) is 0 Å². The molecule has 1 saturated heterocycles. The number of hydrogen-bond acceptors (Lipinski definition) is 3. The number of benzene rings is 1. The lowest BCUT2D eigenvalue weighted by atomic mass is 9.96. The summed E-state index contributed by atoms with van der Waals surface area (Å²) < 4.78 is 0. The molecule has 6 heteroatoms. The third-order valence-corrected chi connectivity index (χ3v) is 5.56. The summed E-state index contributed by atoms with van der Waals surface area (Å²) >= 11 is 0. The van der Waals surface area contributed by atoms with Crippen LogP contribution in [0, 0.1) is 11.8 Å². The third kappa shape index (κ3) is 7.35. The zero-order valence-electron chi connectivity index (χ0n) is 18.6. The Morgan fingerprint density at radius 3 is 2.45 bits per heavy atom. The van der Waals surface area contributed by atoms with Crippen LogP contribution in [0.2, 0.25) is 0 Å². The summed E-state index contributed by atoms with van der Waals surface area (Å²) in [6.45, 7) is 14.2. The minimum absolute atomic E-state index is 0.110. The van der Waals surface area contributed by atoms with Crippen molar-refractivity contribution in [3.63, 3.8) is 0 Å². The molecule has 1 fully saturated rings. The molecule has 1 unspecified atom stereocenters. The van der Waals surface area contributed by atoms with Crippen molar-refractivity contribution in [2.24, 2.45) is 11.8 Å². The molecule has 0 bridgehead atoms. The quantitative estimate of drug-likeness (QED) is 0.684. The molecule has 2 rings (SSSR count). The molecule has 1 N–H and O–H groups in total. The number of amides is 3. The van der Waals surface area contributed by atoms with E-state index in [0.29, 0.717) is 19.0 Å². The van der Waals surface area contributed by atoms with Gasteiger partial charge in [-0.05, 0) is 44.0 Å². The first-order chi connectivity index (χ1) is 13.9. The summed E-state index contributed by atoms with van der Waals surface area (Å²) in [5.41, 5.74) is 0.784. The molecule has 1 atom stereocenters. The van der Waals surface area contributed by atoms with Crippen LogP contribution in [-0.4, -0.2) is 72.5 Å². The predicted molar refractivity (Wildman–Crippen MR) is 119 cm³/mol. The number of nitrogens with zero attached hydrogens (tertiary/aromatic N) is 3. The van der Waals surface area contributed by atoms with Gasteiger partial charge in [0, 0.05) is 38.4 Å². The van der Waals surface area contributed by atoms with Gasteiger partial charge in [0.25, 0.3) is 0 Å². The molecule has 0 spiro atoms. The van der Waals surface area contributed by atoms with Gasteiger partial charge < -0.3 is 20.0 Å². The Kier molecular flexibility index (Phi) is 9.45. The van der Waals surface area contributed by atoms with Crippen LogP contribution in [0.15, 0.2) is 30.3 Å². The highest BCUT2D eigenvalue weighted by Gasteiger charge is 2.31. The summed E-state index contributed by atoms with van der Waals surface area (Å²) in [6.07, 6.45) is 1.72. The highest BCUT2D eigenvalue weighted by molar-refractivity contribution is 5.90. The van der Waals surface area contributed by atoms with Gasteiger partial charge in [-0.25, -0.2) is 4.79 Å². The van der Waals surface area contributed by atoms with E-state index in [1.54, 1.807) is 4.90 Å². The van der Waals surface area contributed by atoms with E-state index in [9.17, 15) is 9.59 Å². The predicted octanol–water partition coefficient (Wildman–Crippen LogP) is 3.76. The monoisotopic (exact) mass is 402 g/mol. The zero-order valence-corrected chi connectivity index (χ0v) is 18.6. The van der Waals surface area contributed by atoms with Gasteiger partial charge in [0.05, 0.1) is 5.92 Å². The summed E-state index contributed by atoms with van der Waals surface area (Å²) in [5.74, 6) is 0.514. The lowest BCUT2D eigenvalue weighted by molar-refractivity contribution is -0.137. The number of carbonyl (C=O) groups is 2. The zero-order chi connectivity index (χ0) is 21.2. The Labute approximate surface area is 176 Å². The first-order valence-corrected chi connectivity index (χ1v) is 11.1. The average molecular weight is 403 g/mol. The van der Waals surface area contributed by atoms with Gasteiger partial charge in [0.15, 0.2) is 0 Å². The number of hydrogen-bond donors (Lipinski definition) is 1. The molecule has 6 nitrogen and oxygen atoms in total. The summed E-state index contributed by atoms with van der Waals surface area (Å²) in [6, 6.07) is 9.36. The van der Waals surface area contributed by atoms with Crippen molar-refractivity contribution in [2.45, 2.75) is 40.5 Å². The summed E-state index contributed by atoms with van der Waals surface area (Å²) in [4.78, 5) is 32.1. The van der Waals surface area contributed by atoms with Gasteiger partial charge in [-0.2, -0.15) is 0 Å². The molecule has 0 aliphatic carbocycles. The van der Waals surface area contributed by atoms with Gasteiger partial charge in [0.1, 0.15) is 0 Å². The van der Waals surface area contributed by atoms with Crippen molar-refractivity contribution in [3.05, 3.63) is 30.3 Å². The highest BCUT2D eigenvalue weighted by Crippen LogP contribution is 2.21. The number of likely N-dealkylation sites (N-methyl/N-ethyl adjacent to an activating group) is 1. The minimum atomic E-state index is -0.118. The topological polar surface area (TPSA) is 55.9 Å². The van der Waals surface area contributed by atoms with Crippen molar-refractivity contribution < 1.29 is 9.59 Å². The fraction of sp³-hybridized carbons (Fsp3) is 0.652. The minimum Gasteiger partial charge on any atom is -0.341 e. The van der Waals surface area contributed by atoms with Gasteiger partial charge in [-0.1, -0.05) is 45.9 Å². The van der Waals surface area contributed by atoms with Gasteiger partial charge in [-0.3, -0.25) is 4.79 Å². The lowest BCUT2D eigenvalue weighted by Gasteiger charge is -2.36. The molecule has 1 heterocycles. The van der Waals surface area contributed by atoms with Crippen LogP contribution in [0.1, 0.15) is 40.5 Å². The SMILES string of the molecule is CCN(CC)CCN(CC(C)C)C(=O)C1CCCN(C(=O)Nc2ccccc2)C1. The molecule has 1 aromatic carbocycles. The van der Waals surface area contributed by atoms with E-state index in [-0.39, 0.29) is 17.9 Å². The normalized spacial score (nSPS) is 16.9. The average Bonchev–Trinajstić information content (AvgIpc) is 2.73. The number of carbonyl (C=O) groups excluding carboxylic acids is 2. The maximum atomic E-state index is 13.3. The van der Waals surface area contributed by atoms with Crippen LogP contribution in [0.25, 0.3) is 0 Å². The van der Waals surface area contributed by atoms with Crippen LogP contribution in [0.3, 0.4) is 0 Å². The maximum absolute atomic E-state index is 13.3. The van der Waals surface area contributed by atoms with Crippen molar-refractivity contribution in [2.75, 3.05) is 51.1 Å². The Morgan fingerprint density at radius 1 is 1.14 bits per heavy atom. The van der Waals surface area contributed by atoms with Crippen LogP contribution in [0.5, 0.6) is 0 Å². The number of urea groups is 1. The molecule has 0 saturated carbocycles. The number of anilines is 1. The lowest BCUT2D eigenvalue weighted by Crippen LogP contribution is -2.49. The summed E-state index contributed by atoms with van der Waals surface area (Å²) in [5, 5.41) is 2.94. The van der Waals surface area contributed by atoms with Crippen molar-refractivity contribution in [1.29, 1.82) is 0 Å². The van der Waals surface area contributed by atoms with Gasteiger partial charge in [0.2, 0.25) is 5.91 Å². The van der Waals surface area contributed by atoms with Crippen LogP contribution >= 0.6 is 0 Å². The van der Waals surface area contributed by atoms with Crippen LogP contribution < -0.4 is 5.32 Å². The van der Waals surface area contributed by atoms with E-state index in [1.165, 1.54) is 0 Å². The van der Waals surface area contributed by atoms with E-state index in [0.717, 1.165) is 51.3 Å². The number of para-hydroxylation sites is 1. The first-order valence-electron chi connectivity index (χ1n) is 11.1. The molecular weight excluding hydrogens is 364 g/mol. The van der Waals surface area contributed by atoms with E-state index in [1.807, 2.05) is 35.2 Å². The van der Waals surface area contributed by atoms with E-state index in [2.05, 4.69) is 37.9 Å². The molecule has 3 amide bonds. The molecule has 0 radical (unpaired) electrons. The Hall–Kier alpha value is -2.08. The Bertz CT molecular complexity index is 631. The summed E-state index contributed by atoms with van der Waals surface area (Å²) in [7, 11) is 0. The number of nitrogens with one attached hydrogen (secondary N) is 1. The third-order valence-electron chi connectivity index (χ3n) is 5.56. The molecule has 29 heavy (non-hydrogen) atoms. The fourth-order valence-electron chi connectivity index (χ4n) is 3.88. The molecular formula is C23H38N4O2. The largest absolute Gasteiger partial charge is 0.341 e.